The zero-order chi connectivity index (χ0) is 23.6. The van der Waals surface area contributed by atoms with Gasteiger partial charge in [-0.3, -0.25) is 9.59 Å². The van der Waals surface area contributed by atoms with Crippen LogP contribution in [0, 0.1) is 0 Å². The number of anilines is 1. The first kappa shape index (κ1) is 23.2. The summed E-state index contributed by atoms with van der Waals surface area (Å²) in [6.07, 6.45) is -4.38. The fourth-order valence-electron chi connectivity index (χ4n) is 4.07. The lowest BCUT2D eigenvalue weighted by Gasteiger charge is -2.36. The average Bonchev–Trinajstić information content (AvgIpc) is 2.82. The van der Waals surface area contributed by atoms with Crippen LogP contribution in [0.15, 0.2) is 64.3 Å². The summed E-state index contributed by atoms with van der Waals surface area (Å²) in [6, 6.07) is 14.5. The van der Waals surface area contributed by atoms with Gasteiger partial charge in [0.1, 0.15) is 0 Å². The number of halogens is 3. The van der Waals surface area contributed by atoms with Gasteiger partial charge in [-0.25, -0.2) is 0 Å². The van der Waals surface area contributed by atoms with Gasteiger partial charge >= 0.3 is 6.18 Å². The summed E-state index contributed by atoms with van der Waals surface area (Å²) < 4.78 is 40.7. The van der Waals surface area contributed by atoms with Crippen molar-refractivity contribution in [2.75, 3.05) is 36.8 Å². The van der Waals surface area contributed by atoms with Crippen LogP contribution in [0.2, 0.25) is 0 Å². The first-order valence-electron chi connectivity index (χ1n) is 10.7. The molecule has 33 heavy (non-hydrogen) atoms. The van der Waals surface area contributed by atoms with E-state index in [9.17, 15) is 22.8 Å². The van der Waals surface area contributed by atoms with Crippen LogP contribution in [0.1, 0.15) is 12.5 Å². The zero-order valence-corrected chi connectivity index (χ0v) is 19.0. The predicted molar refractivity (Wildman–Crippen MR) is 125 cm³/mol. The van der Waals surface area contributed by atoms with Crippen molar-refractivity contribution < 1.29 is 18.0 Å². The normalized spacial score (nSPS) is 14.7. The molecule has 0 spiro atoms. The molecule has 2 heterocycles. The second kappa shape index (κ2) is 9.51. The summed E-state index contributed by atoms with van der Waals surface area (Å²) in [4.78, 5) is 29.6. The van der Waals surface area contributed by atoms with Gasteiger partial charge in [0.25, 0.3) is 5.56 Å². The van der Waals surface area contributed by atoms with Gasteiger partial charge < -0.3 is 14.4 Å². The van der Waals surface area contributed by atoms with E-state index in [1.54, 1.807) is 21.6 Å². The maximum Gasteiger partial charge on any atom is 0.416 e. The Morgan fingerprint density at radius 2 is 1.73 bits per heavy atom. The minimum atomic E-state index is -4.38. The van der Waals surface area contributed by atoms with Crippen LogP contribution >= 0.6 is 11.8 Å². The molecule has 2 aromatic carbocycles. The number of thioether (sulfide) groups is 1. The smallest absolute Gasteiger partial charge is 0.368 e. The molecular weight excluding hydrogens is 451 g/mol. The number of carbonyl (C=O) groups excluding carboxylic acids is 1. The first-order valence-corrected chi connectivity index (χ1v) is 11.7. The maximum atomic E-state index is 13.0. The van der Waals surface area contributed by atoms with Crippen molar-refractivity contribution >= 4 is 34.3 Å². The summed E-state index contributed by atoms with van der Waals surface area (Å²) in [5.41, 5.74) is 0.583. The molecule has 9 heteroatoms. The average molecular weight is 476 g/mol. The predicted octanol–water partition coefficient (Wildman–Crippen LogP) is 4.48. The number of pyridine rings is 1. The minimum absolute atomic E-state index is 0.0487. The molecule has 0 bridgehead atoms. The van der Waals surface area contributed by atoms with Crippen LogP contribution in [0.4, 0.5) is 18.9 Å². The Kier molecular flexibility index (Phi) is 6.69. The van der Waals surface area contributed by atoms with Crippen molar-refractivity contribution in [3.8, 4) is 0 Å². The van der Waals surface area contributed by atoms with Crippen molar-refractivity contribution in [2.45, 2.75) is 24.5 Å². The summed E-state index contributed by atoms with van der Waals surface area (Å²) >= 11 is 1.34. The molecule has 1 aromatic heterocycles. The van der Waals surface area contributed by atoms with Gasteiger partial charge in [-0.1, -0.05) is 24.3 Å². The summed E-state index contributed by atoms with van der Waals surface area (Å²) in [5, 5.41) is 0.936. The fraction of sp³-hybridized carbons (Fsp3) is 0.333. The SMILES string of the molecule is CCn1c(=O)cc(SCC(=O)N2CCN(c3cccc(C(F)(F)F)c3)CC2)c2ccccc21. The largest absolute Gasteiger partial charge is 0.416 e. The third kappa shape index (κ3) is 5.03. The van der Waals surface area contributed by atoms with Crippen LogP contribution in [0.5, 0.6) is 0 Å². The molecule has 0 aliphatic carbocycles. The molecule has 0 unspecified atom stereocenters. The molecule has 5 nitrogen and oxygen atoms in total. The van der Waals surface area contributed by atoms with Crippen molar-refractivity contribution in [3.63, 3.8) is 0 Å². The van der Waals surface area contributed by atoms with E-state index in [1.165, 1.54) is 17.8 Å². The van der Waals surface area contributed by atoms with Crippen molar-refractivity contribution in [1.29, 1.82) is 0 Å². The second-order valence-corrected chi connectivity index (χ2v) is 8.83. The van der Waals surface area contributed by atoms with Gasteiger partial charge in [0.15, 0.2) is 0 Å². The van der Waals surface area contributed by atoms with E-state index in [4.69, 9.17) is 0 Å². The molecule has 3 aromatic rings. The molecule has 0 saturated carbocycles. The number of benzene rings is 2. The first-order chi connectivity index (χ1) is 15.8. The van der Waals surface area contributed by atoms with E-state index in [-0.39, 0.29) is 17.2 Å². The van der Waals surface area contributed by atoms with Crippen molar-refractivity contribution in [3.05, 3.63) is 70.5 Å². The number of amides is 1. The lowest BCUT2D eigenvalue weighted by molar-refractivity contribution is -0.137. The quantitative estimate of drug-likeness (QED) is 0.511. The molecule has 1 amide bonds. The van der Waals surface area contributed by atoms with Crippen LogP contribution in [0.25, 0.3) is 10.9 Å². The van der Waals surface area contributed by atoms with Gasteiger partial charge in [-0.05, 0) is 31.2 Å². The van der Waals surface area contributed by atoms with Crippen LogP contribution in [-0.4, -0.2) is 47.3 Å². The summed E-state index contributed by atoms with van der Waals surface area (Å²) in [5.74, 6) is 0.149. The van der Waals surface area contributed by atoms with Gasteiger partial charge in [0.05, 0.1) is 16.8 Å². The number of carbonyl (C=O) groups is 1. The molecule has 4 rings (SSSR count). The van der Waals surface area contributed by atoms with E-state index >= 15 is 0 Å². The van der Waals surface area contributed by atoms with Crippen LogP contribution in [0.3, 0.4) is 0 Å². The Morgan fingerprint density at radius 3 is 2.42 bits per heavy atom. The number of alkyl halides is 3. The Balaban J connectivity index is 1.39. The third-order valence-electron chi connectivity index (χ3n) is 5.82. The number of nitrogens with zero attached hydrogens (tertiary/aromatic N) is 3. The number of aromatic nitrogens is 1. The molecule has 1 aliphatic heterocycles. The second-order valence-electron chi connectivity index (χ2n) is 7.81. The van der Waals surface area contributed by atoms with Crippen LogP contribution < -0.4 is 10.5 Å². The Labute approximate surface area is 193 Å². The molecule has 0 radical (unpaired) electrons. The van der Waals surface area contributed by atoms with E-state index in [0.717, 1.165) is 27.9 Å². The third-order valence-corrected chi connectivity index (χ3v) is 6.86. The number of hydrogen-bond donors (Lipinski definition) is 0. The highest BCUT2D eigenvalue weighted by molar-refractivity contribution is 8.00. The van der Waals surface area contributed by atoms with E-state index in [2.05, 4.69) is 0 Å². The standard InChI is InChI=1S/C24H24F3N3O2S/c1-2-30-20-9-4-3-8-19(20)21(15-22(30)31)33-16-23(32)29-12-10-28(11-13-29)18-7-5-6-17(14-18)24(25,26)27/h3-9,14-15H,2,10-13,16H2,1H3. The van der Waals surface area contributed by atoms with Gasteiger partial charge in [0.2, 0.25) is 5.91 Å². The minimum Gasteiger partial charge on any atom is -0.368 e. The summed E-state index contributed by atoms with van der Waals surface area (Å²) in [6.45, 7) is 4.30. The van der Waals surface area contributed by atoms with E-state index in [1.807, 2.05) is 36.1 Å². The zero-order valence-electron chi connectivity index (χ0n) is 18.1. The van der Waals surface area contributed by atoms with Gasteiger partial charge in [0, 0.05) is 54.8 Å². The molecule has 0 N–H and O–H groups in total. The number of piperazine rings is 1. The number of fused-ring (bicyclic) bond motifs is 1. The van der Waals surface area contributed by atoms with Crippen molar-refractivity contribution in [2.24, 2.45) is 0 Å². The molecule has 174 valence electrons. The van der Waals surface area contributed by atoms with E-state index in [0.29, 0.717) is 38.4 Å². The van der Waals surface area contributed by atoms with Gasteiger partial charge in [-0.2, -0.15) is 13.2 Å². The fourth-order valence-corrected chi connectivity index (χ4v) is 5.05. The number of aryl methyl sites for hydroxylation is 1. The molecule has 1 saturated heterocycles. The highest BCUT2D eigenvalue weighted by Gasteiger charge is 2.31. The molecular formula is C24H24F3N3O2S. The summed E-state index contributed by atoms with van der Waals surface area (Å²) in [7, 11) is 0. The number of hydrogen-bond acceptors (Lipinski definition) is 4. The lowest BCUT2D eigenvalue weighted by Crippen LogP contribution is -2.49. The molecule has 0 atom stereocenters. The number of rotatable bonds is 5. The lowest BCUT2D eigenvalue weighted by atomic mass is 10.1. The van der Waals surface area contributed by atoms with E-state index < -0.39 is 11.7 Å². The van der Waals surface area contributed by atoms with Crippen molar-refractivity contribution in [1.82, 2.24) is 9.47 Å². The van der Waals surface area contributed by atoms with Gasteiger partial charge in [-0.15, -0.1) is 11.8 Å². The monoisotopic (exact) mass is 475 g/mol. The van der Waals surface area contributed by atoms with Crippen LogP contribution in [-0.2, 0) is 17.5 Å². The molecule has 1 fully saturated rings. The highest BCUT2D eigenvalue weighted by Crippen LogP contribution is 2.32. The Hall–Kier alpha value is -2.94. The highest BCUT2D eigenvalue weighted by atomic mass is 32.2. The Bertz CT molecular complexity index is 1220. The maximum absolute atomic E-state index is 13.0. The topological polar surface area (TPSA) is 45.6 Å². The Morgan fingerprint density at radius 1 is 1.00 bits per heavy atom. The number of para-hydroxylation sites is 1. The molecule has 1 aliphatic rings.